The van der Waals surface area contributed by atoms with Crippen LogP contribution in [0, 0.1) is 5.82 Å². The van der Waals surface area contributed by atoms with Gasteiger partial charge in [-0.2, -0.15) is 0 Å². The second-order valence-electron chi connectivity index (χ2n) is 3.31. The molecular weight excluding hydrogens is 277 g/mol. The van der Waals surface area contributed by atoms with Gasteiger partial charge in [-0.15, -0.1) is 0 Å². The van der Waals surface area contributed by atoms with Crippen LogP contribution >= 0.6 is 15.9 Å². The van der Waals surface area contributed by atoms with E-state index in [0.29, 0.717) is 15.9 Å². The summed E-state index contributed by atoms with van der Waals surface area (Å²) in [5, 5.41) is 10.00. The molecule has 84 valence electrons. The zero-order chi connectivity index (χ0) is 11.7. The van der Waals surface area contributed by atoms with Gasteiger partial charge in [-0.25, -0.2) is 4.39 Å². The van der Waals surface area contributed by atoms with E-state index in [0.717, 1.165) is 0 Å². The van der Waals surface area contributed by atoms with Crippen LogP contribution in [0.5, 0.6) is 0 Å². The number of nitrogens with two attached hydrogens (primary N) is 1. The van der Waals surface area contributed by atoms with Crippen molar-refractivity contribution in [1.82, 2.24) is 0 Å². The molecule has 2 rings (SSSR count). The Morgan fingerprint density at radius 2 is 2.12 bits per heavy atom. The lowest BCUT2D eigenvalue weighted by atomic mass is 10.1. The van der Waals surface area contributed by atoms with Gasteiger partial charge in [0.05, 0.1) is 10.7 Å². The van der Waals surface area contributed by atoms with Gasteiger partial charge in [0.25, 0.3) is 0 Å². The van der Waals surface area contributed by atoms with Crippen LogP contribution in [0.4, 0.5) is 10.1 Å². The molecular formula is C11H9BrFNO2. The molecule has 0 saturated heterocycles. The first-order valence-corrected chi connectivity index (χ1v) is 5.35. The molecule has 1 aromatic heterocycles. The minimum absolute atomic E-state index is 0.288. The molecule has 1 heterocycles. The van der Waals surface area contributed by atoms with Gasteiger partial charge in [0.1, 0.15) is 11.9 Å². The van der Waals surface area contributed by atoms with Crippen LogP contribution in [0.2, 0.25) is 0 Å². The van der Waals surface area contributed by atoms with Crippen molar-refractivity contribution in [1.29, 1.82) is 0 Å². The Hall–Kier alpha value is -1.33. The van der Waals surface area contributed by atoms with Gasteiger partial charge in [0.2, 0.25) is 0 Å². The van der Waals surface area contributed by atoms with Crippen molar-refractivity contribution in [3.05, 3.63) is 52.1 Å². The second-order valence-corrected chi connectivity index (χ2v) is 4.16. The maximum absolute atomic E-state index is 13.0. The van der Waals surface area contributed by atoms with Crippen molar-refractivity contribution >= 4 is 21.6 Å². The Kier molecular flexibility index (Phi) is 2.98. The summed E-state index contributed by atoms with van der Waals surface area (Å²) in [6.45, 7) is 0. The van der Waals surface area contributed by atoms with Gasteiger partial charge in [-0.3, -0.25) is 0 Å². The van der Waals surface area contributed by atoms with Crippen molar-refractivity contribution in [2.45, 2.75) is 6.10 Å². The van der Waals surface area contributed by atoms with E-state index in [2.05, 4.69) is 15.9 Å². The van der Waals surface area contributed by atoms with Gasteiger partial charge in [0, 0.05) is 11.3 Å². The Bertz CT molecular complexity index is 512. The average molecular weight is 286 g/mol. The number of hydrogen-bond donors (Lipinski definition) is 2. The third kappa shape index (κ3) is 1.96. The summed E-state index contributed by atoms with van der Waals surface area (Å²) in [6, 6.07) is 5.48. The number of halogens is 2. The fourth-order valence-corrected chi connectivity index (χ4v) is 1.84. The molecule has 0 spiro atoms. The number of aliphatic hydroxyl groups is 1. The molecule has 0 amide bonds. The fraction of sp³-hybridized carbons (Fsp3) is 0.0909. The first-order chi connectivity index (χ1) is 7.59. The summed E-state index contributed by atoms with van der Waals surface area (Å²) in [4.78, 5) is 0. The SMILES string of the molecule is Nc1ccc(F)cc1C(O)c1occc1Br. The van der Waals surface area contributed by atoms with E-state index in [1.165, 1.54) is 24.5 Å². The van der Waals surface area contributed by atoms with Crippen molar-refractivity contribution in [2.24, 2.45) is 0 Å². The van der Waals surface area contributed by atoms with E-state index in [-0.39, 0.29) is 5.56 Å². The molecule has 0 fully saturated rings. The highest BCUT2D eigenvalue weighted by atomic mass is 79.9. The van der Waals surface area contributed by atoms with Gasteiger partial charge in [0.15, 0.2) is 5.76 Å². The van der Waals surface area contributed by atoms with E-state index in [1.54, 1.807) is 6.07 Å². The maximum Gasteiger partial charge on any atom is 0.151 e. The van der Waals surface area contributed by atoms with Crippen LogP contribution in [0.1, 0.15) is 17.4 Å². The van der Waals surface area contributed by atoms with E-state index in [9.17, 15) is 9.50 Å². The third-order valence-electron chi connectivity index (χ3n) is 2.24. The molecule has 5 heteroatoms. The fourth-order valence-electron chi connectivity index (χ4n) is 1.42. The highest BCUT2D eigenvalue weighted by molar-refractivity contribution is 9.10. The maximum atomic E-state index is 13.0. The predicted octanol–water partition coefficient (Wildman–Crippen LogP) is 2.85. The summed E-state index contributed by atoms with van der Waals surface area (Å²) < 4.78 is 18.8. The summed E-state index contributed by atoms with van der Waals surface area (Å²) in [5.41, 5.74) is 6.27. The van der Waals surface area contributed by atoms with Crippen LogP contribution in [-0.4, -0.2) is 5.11 Å². The van der Waals surface area contributed by atoms with Crippen LogP contribution < -0.4 is 5.73 Å². The number of benzene rings is 1. The number of anilines is 1. The first kappa shape index (κ1) is 11.2. The Balaban J connectivity index is 2.45. The number of nitrogen functional groups attached to an aromatic ring is 1. The van der Waals surface area contributed by atoms with Crippen molar-refractivity contribution in [3.8, 4) is 0 Å². The van der Waals surface area contributed by atoms with Gasteiger partial charge < -0.3 is 15.3 Å². The van der Waals surface area contributed by atoms with Gasteiger partial charge >= 0.3 is 0 Å². The Morgan fingerprint density at radius 3 is 2.75 bits per heavy atom. The van der Waals surface area contributed by atoms with E-state index >= 15 is 0 Å². The second kappa shape index (κ2) is 4.27. The van der Waals surface area contributed by atoms with Gasteiger partial charge in [-0.1, -0.05) is 0 Å². The molecule has 1 aromatic carbocycles. The van der Waals surface area contributed by atoms with Crippen molar-refractivity contribution in [3.63, 3.8) is 0 Å². The lowest BCUT2D eigenvalue weighted by molar-refractivity contribution is 0.188. The lowest BCUT2D eigenvalue weighted by Gasteiger charge is -2.11. The smallest absolute Gasteiger partial charge is 0.151 e. The van der Waals surface area contributed by atoms with E-state index < -0.39 is 11.9 Å². The van der Waals surface area contributed by atoms with Crippen LogP contribution in [0.25, 0.3) is 0 Å². The molecule has 1 unspecified atom stereocenters. The minimum atomic E-state index is -1.08. The molecule has 0 saturated carbocycles. The zero-order valence-electron chi connectivity index (χ0n) is 8.15. The third-order valence-corrected chi connectivity index (χ3v) is 2.89. The van der Waals surface area contributed by atoms with E-state index in [1.807, 2.05) is 0 Å². The molecule has 2 aromatic rings. The minimum Gasteiger partial charge on any atom is -0.465 e. The zero-order valence-corrected chi connectivity index (χ0v) is 9.74. The molecule has 16 heavy (non-hydrogen) atoms. The van der Waals surface area contributed by atoms with E-state index in [4.69, 9.17) is 10.2 Å². The van der Waals surface area contributed by atoms with Crippen molar-refractivity contribution < 1.29 is 13.9 Å². The van der Waals surface area contributed by atoms with Crippen LogP contribution in [0.15, 0.2) is 39.4 Å². The summed E-state index contributed by atoms with van der Waals surface area (Å²) >= 11 is 3.22. The number of hydrogen-bond acceptors (Lipinski definition) is 3. The van der Waals surface area contributed by atoms with Crippen molar-refractivity contribution in [2.75, 3.05) is 5.73 Å². The highest BCUT2D eigenvalue weighted by Gasteiger charge is 2.19. The number of rotatable bonds is 2. The molecule has 0 aliphatic carbocycles. The van der Waals surface area contributed by atoms with Gasteiger partial charge in [-0.05, 0) is 40.2 Å². The highest BCUT2D eigenvalue weighted by Crippen LogP contribution is 2.32. The number of furan rings is 1. The first-order valence-electron chi connectivity index (χ1n) is 4.55. The summed E-state index contributed by atoms with van der Waals surface area (Å²) in [5.74, 6) is -0.150. The standard InChI is InChI=1S/C11H9BrFNO2/c12-8-3-4-16-11(8)10(15)7-5-6(13)1-2-9(7)14/h1-5,10,15H,14H2. The Labute approximate surface area is 99.8 Å². The van der Waals surface area contributed by atoms with Crippen LogP contribution in [-0.2, 0) is 0 Å². The molecule has 1 atom stereocenters. The molecule has 0 aliphatic heterocycles. The average Bonchev–Trinajstić information content (AvgIpc) is 2.67. The predicted molar refractivity (Wildman–Crippen MR) is 61.3 cm³/mol. The molecule has 3 N–H and O–H groups in total. The molecule has 0 bridgehead atoms. The summed E-state index contributed by atoms with van der Waals surface area (Å²) in [7, 11) is 0. The quantitative estimate of drug-likeness (QED) is 0.834. The molecule has 0 radical (unpaired) electrons. The topological polar surface area (TPSA) is 59.4 Å². The monoisotopic (exact) mass is 285 g/mol. The Morgan fingerprint density at radius 1 is 1.38 bits per heavy atom. The molecule has 3 nitrogen and oxygen atoms in total. The summed E-state index contributed by atoms with van der Waals surface area (Å²) in [6.07, 6.45) is 0.345. The van der Waals surface area contributed by atoms with Crippen LogP contribution in [0.3, 0.4) is 0 Å². The normalized spacial score (nSPS) is 12.7. The lowest BCUT2D eigenvalue weighted by Crippen LogP contribution is -2.04. The molecule has 0 aliphatic rings. The number of aliphatic hydroxyl groups excluding tert-OH is 1. The largest absolute Gasteiger partial charge is 0.465 e.